The Morgan fingerprint density at radius 1 is 1.22 bits per heavy atom. The average molecular weight is 280 g/mol. The number of aliphatic hydroxyl groups excluding tert-OH is 2. The van der Waals surface area contributed by atoms with Crippen LogP contribution in [0.5, 0.6) is 0 Å². The molecule has 2 atom stereocenters. The van der Waals surface area contributed by atoms with E-state index in [0.717, 1.165) is 0 Å². The molecule has 0 saturated heterocycles. The molecule has 0 radical (unpaired) electrons. The van der Waals surface area contributed by atoms with Crippen LogP contribution in [0, 0.1) is 0 Å². The number of hydrogen-bond donors (Lipinski definition) is 2. The second-order valence-corrected chi connectivity index (χ2v) is 4.96. The molecule has 7 heteroatoms. The van der Waals surface area contributed by atoms with Gasteiger partial charge in [-0.1, -0.05) is 0 Å². The zero-order chi connectivity index (χ0) is 14.0. The summed E-state index contributed by atoms with van der Waals surface area (Å²) in [5, 5.41) is 18.3. The number of thioether (sulfide) groups is 1. The Labute approximate surface area is 111 Å². The topological polar surface area (TPSA) is 93.1 Å². The summed E-state index contributed by atoms with van der Waals surface area (Å²) >= 11 is 1.46. The highest BCUT2D eigenvalue weighted by atomic mass is 32.2. The van der Waals surface area contributed by atoms with Gasteiger partial charge in [0.05, 0.1) is 12.5 Å². The number of aliphatic hydroxyl groups is 2. The molecule has 0 aromatic carbocycles. The Balaban J connectivity index is 3.48. The van der Waals surface area contributed by atoms with Crippen molar-refractivity contribution in [1.82, 2.24) is 0 Å². The molecule has 106 valence electrons. The van der Waals surface area contributed by atoms with Gasteiger partial charge in [-0.2, -0.15) is 11.8 Å². The first-order valence-electron chi connectivity index (χ1n) is 5.64. The molecular formula is C11H20O6S. The Bertz CT molecular complexity index is 256. The van der Waals surface area contributed by atoms with E-state index < -0.39 is 24.1 Å². The molecule has 0 rings (SSSR count). The first-order chi connectivity index (χ1) is 8.41. The van der Waals surface area contributed by atoms with Crippen LogP contribution < -0.4 is 0 Å². The van der Waals surface area contributed by atoms with E-state index in [1.807, 2.05) is 0 Å². The number of carbonyl (C=O) groups is 2. The third kappa shape index (κ3) is 11.7. The van der Waals surface area contributed by atoms with E-state index in [1.54, 1.807) is 6.92 Å². The molecule has 0 saturated carbocycles. The van der Waals surface area contributed by atoms with E-state index in [2.05, 4.69) is 4.74 Å². The smallest absolute Gasteiger partial charge is 0.306 e. The molecule has 0 bridgehead atoms. The van der Waals surface area contributed by atoms with Crippen molar-refractivity contribution in [3.05, 3.63) is 0 Å². The molecular weight excluding hydrogens is 260 g/mol. The monoisotopic (exact) mass is 280 g/mol. The van der Waals surface area contributed by atoms with Gasteiger partial charge in [0.2, 0.25) is 0 Å². The maximum atomic E-state index is 11.2. The van der Waals surface area contributed by atoms with E-state index in [1.165, 1.54) is 18.7 Å². The molecule has 0 aromatic rings. The summed E-state index contributed by atoms with van der Waals surface area (Å²) in [4.78, 5) is 21.7. The lowest BCUT2D eigenvalue weighted by molar-refractivity contribution is -0.150. The quantitative estimate of drug-likeness (QED) is 0.452. The van der Waals surface area contributed by atoms with Gasteiger partial charge in [-0.3, -0.25) is 9.59 Å². The zero-order valence-electron chi connectivity index (χ0n) is 10.6. The molecule has 0 aliphatic carbocycles. The fourth-order valence-corrected chi connectivity index (χ4v) is 1.75. The van der Waals surface area contributed by atoms with Crippen LogP contribution in [-0.2, 0) is 19.1 Å². The van der Waals surface area contributed by atoms with E-state index in [-0.39, 0.29) is 19.6 Å². The van der Waals surface area contributed by atoms with E-state index in [4.69, 9.17) is 9.84 Å². The zero-order valence-corrected chi connectivity index (χ0v) is 11.4. The number of ether oxygens (including phenoxy) is 2. The number of esters is 2. The van der Waals surface area contributed by atoms with Crippen molar-refractivity contribution in [2.45, 2.75) is 32.5 Å². The van der Waals surface area contributed by atoms with Crippen molar-refractivity contribution in [2.75, 3.05) is 24.7 Å². The van der Waals surface area contributed by atoms with Crippen LogP contribution in [-0.4, -0.2) is 59.1 Å². The van der Waals surface area contributed by atoms with Crippen molar-refractivity contribution in [1.29, 1.82) is 0 Å². The molecule has 6 nitrogen and oxygen atoms in total. The van der Waals surface area contributed by atoms with E-state index in [9.17, 15) is 14.7 Å². The summed E-state index contributed by atoms with van der Waals surface area (Å²) in [5.41, 5.74) is 0. The highest BCUT2D eigenvalue weighted by Crippen LogP contribution is 2.05. The average Bonchev–Trinajstić information content (AvgIpc) is 2.29. The first kappa shape index (κ1) is 17.2. The van der Waals surface area contributed by atoms with E-state index in [0.29, 0.717) is 11.5 Å². The second-order valence-electron chi connectivity index (χ2n) is 3.81. The Kier molecular flexibility index (Phi) is 9.72. The minimum absolute atomic E-state index is 0.181. The second kappa shape index (κ2) is 10.2. The van der Waals surface area contributed by atoms with Crippen molar-refractivity contribution >= 4 is 23.7 Å². The number of hydrogen-bond acceptors (Lipinski definition) is 7. The first-order valence-corrected chi connectivity index (χ1v) is 6.80. The lowest BCUT2D eigenvalue weighted by Gasteiger charge is -2.11. The normalized spacial score (nSPS) is 13.8. The summed E-state index contributed by atoms with van der Waals surface area (Å²) in [6.07, 6.45) is -1.17. The van der Waals surface area contributed by atoms with Crippen LogP contribution in [0.3, 0.4) is 0 Å². The third-order valence-electron chi connectivity index (χ3n) is 1.73. The minimum Gasteiger partial charge on any atom is -0.463 e. The van der Waals surface area contributed by atoms with E-state index >= 15 is 0 Å². The molecule has 0 heterocycles. The van der Waals surface area contributed by atoms with Gasteiger partial charge < -0.3 is 19.7 Å². The maximum Gasteiger partial charge on any atom is 0.306 e. The molecule has 2 unspecified atom stereocenters. The highest BCUT2D eigenvalue weighted by Gasteiger charge is 2.10. The van der Waals surface area contributed by atoms with Crippen LogP contribution in [0.15, 0.2) is 0 Å². The molecule has 0 amide bonds. The van der Waals surface area contributed by atoms with Gasteiger partial charge in [0, 0.05) is 18.4 Å². The third-order valence-corrected chi connectivity index (χ3v) is 2.94. The highest BCUT2D eigenvalue weighted by molar-refractivity contribution is 7.99. The minimum atomic E-state index is -0.997. The lowest BCUT2D eigenvalue weighted by Crippen LogP contribution is -2.24. The van der Waals surface area contributed by atoms with Gasteiger partial charge in [-0.25, -0.2) is 0 Å². The van der Waals surface area contributed by atoms with Crippen LogP contribution in [0.25, 0.3) is 0 Å². The van der Waals surface area contributed by atoms with Crippen LogP contribution >= 0.6 is 11.8 Å². The van der Waals surface area contributed by atoms with Crippen LogP contribution in [0.1, 0.15) is 20.3 Å². The SMILES string of the molecule is CC(=O)OCC(O)COC(=O)CCSCC(C)O. The molecule has 0 spiro atoms. The van der Waals surface area contributed by atoms with Gasteiger partial charge >= 0.3 is 11.9 Å². The molecule has 0 aliphatic rings. The summed E-state index contributed by atoms with van der Waals surface area (Å²) in [5.74, 6) is 0.219. The molecule has 0 fully saturated rings. The Morgan fingerprint density at radius 2 is 1.83 bits per heavy atom. The van der Waals surface area contributed by atoms with Gasteiger partial charge in [0.1, 0.15) is 19.3 Å². The molecule has 0 aliphatic heterocycles. The lowest BCUT2D eigenvalue weighted by atomic mass is 10.4. The summed E-state index contributed by atoms with van der Waals surface area (Å²) in [6.45, 7) is 2.54. The fourth-order valence-electron chi connectivity index (χ4n) is 0.932. The summed E-state index contributed by atoms with van der Waals surface area (Å²) < 4.78 is 9.34. The Morgan fingerprint density at radius 3 is 2.39 bits per heavy atom. The number of rotatable bonds is 9. The van der Waals surface area contributed by atoms with Crippen molar-refractivity contribution < 1.29 is 29.3 Å². The molecule has 0 aromatic heterocycles. The maximum absolute atomic E-state index is 11.2. The molecule has 18 heavy (non-hydrogen) atoms. The Hall–Kier alpha value is -0.790. The predicted molar refractivity (Wildman–Crippen MR) is 67.2 cm³/mol. The van der Waals surface area contributed by atoms with Crippen LogP contribution in [0.2, 0.25) is 0 Å². The summed E-state index contributed by atoms with van der Waals surface area (Å²) in [7, 11) is 0. The van der Waals surface area contributed by atoms with Gasteiger partial charge in [-0.05, 0) is 6.92 Å². The van der Waals surface area contributed by atoms with Gasteiger partial charge in [0.15, 0.2) is 0 Å². The number of carbonyl (C=O) groups excluding carboxylic acids is 2. The van der Waals surface area contributed by atoms with Crippen molar-refractivity contribution in [3.8, 4) is 0 Å². The predicted octanol–water partition coefficient (Wildman–Crippen LogP) is -0.0423. The van der Waals surface area contributed by atoms with Gasteiger partial charge in [-0.15, -0.1) is 0 Å². The largest absolute Gasteiger partial charge is 0.463 e. The van der Waals surface area contributed by atoms with Crippen molar-refractivity contribution in [3.63, 3.8) is 0 Å². The molecule has 2 N–H and O–H groups in total. The van der Waals surface area contributed by atoms with Crippen molar-refractivity contribution in [2.24, 2.45) is 0 Å². The fraction of sp³-hybridized carbons (Fsp3) is 0.818. The summed E-state index contributed by atoms with van der Waals surface area (Å²) in [6, 6.07) is 0. The van der Waals surface area contributed by atoms with Gasteiger partial charge in [0.25, 0.3) is 0 Å². The standard InChI is InChI=1S/C11H20O6S/c1-8(12)7-18-4-3-11(15)17-6-10(14)5-16-9(2)13/h8,10,12,14H,3-7H2,1-2H3. The van der Waals surface area contributed by atoms with Crippen LogP contribution in [0.4, 0.5) is 0 Å².